The van der Waals surface area contributed by atoms with Crippen LogP contribution in [0.5, 0.6) is 0 Å². The highest BCUT2D eigenvalue weighted by atomic mass is 79.9. The number of nitrogens with zero attached hydrogens (tertiary/aromatic N) is 2. The van der Waals surface area contributed by atoms with Gasteiger partial charge < -0.3 is 10.6 Å². The van der Waals surface area contributed by atoms with E-state index in [0.717, 1.165) is 22.5 Å². The van der Waals surface area contributed by atoms with Crippen molar-refractivity contribution in [1.82, 2.24) is 9.97 Å². The van der Waals surface area contributed by atoms with E-state index >= 15 is 0 Å². The van der Waals surface area contributed by atoms with Crippen molar-refractivity contribution < 1.29 is 0 Å². The van der Waals surface area contributed by atoms with Gasteiger partial charge in [-0.3, -0.25) is 0 Å². The third-order valence-electron chi connectivity index (χ3n) is 3.35. The van der Waals surface area contributed by atoms with Crippen molar-refractivity contribution in [3.63, 3.8) is 0 Å². The molecule has 1 aliphatic carbocycles. The minimum atomic E-state index is 0.623. The summed E-state index contributed by atoms with van der Waals surface area (Å²) < 4.78 is 1.09. The van der Waals surface area contributed by atoms with Crippen LogP contribution in [0.1, 0.15) is 30.0 Å². The number of halogens is 1. The molecule has 1 heterocycles. The molecule has 0 spiro atoms. The van der Waals surface area contributed by atoms with Gasteiger partial charge in [0.05, 0.1) is 5.69 Å². The summed E-state index contributed by atoms with van der Waals surface area (Å²) in [6, 6.07) is 10.4. The molecule has 0 saturated heterocycles. The number of hydrogen-bond donors (Lipinski definition) is 2. The number of nitrogens with one attached hydrogen (secondary N) is 2. The van der Waals surface area contributed by atoms with Crippen molar-refractivity contribution in [2.75, 3.05) is 17.7 Å². The van der Waals surface area contributed by atoms with Gasteiger partial charge in [0.1, 0.15) is 5.82 Å². The van der Waals surface area contributed by atoms with Crippen LogP contribution in [-0.2, 0) is 6.54 Å². The number of aromatic nitrogens is 2. The second-order valence-corrected chi connectivity index (χ2v) is 5.92. The maximum absolute atomic E-state index is 4.51. The van der Waals surface area contributed by atoms with Crippen LogP contribution in [0.4, 0.5) is 11.8 Å². The third kappa shape index (κ3) is 3.28. The van der Waals surface area contributed by atoms with Gasteiger partial charge in [-0.05, 0) is 30.5 Å². The van der Waals surface area contributed by atoms with Crippen molar-refractivity contribution in [1.29, 1.82) is 0 Å². The average Bonchev–Trinajstić information content (AvgIpc) is 3.31. The molecule has 4 nitrogen and oxygen atoms in total. The van der Waals surface area contributed by atoms with Crippen molar-refractivity contribution >= 4 is 27.7 Å². The zero-order valence-corrected chi connectivity index (χ0v) is 12.9. The third-order valence-corrected chi connectivity index (χ3v) is 3.88. The molecule has 2 N–H and O–H groups in total. The van der Waals surface area contributed by atoms with Gasteiger partial charge in [-0.1, -0.05) is 28.1 Å². The largest absolute Gasteiger partial charge is 0.366 e. The van der Waals surface area contributed by atoms with E-state index in [1.54, 1.807) is 0 Å². The fourth-order valence-corrected chi connectivity index (χ4v) is 2.32. The zero-order valence-electron chi connectivity index (χ0n) is 11.4. The Morgan fingerprint density at radius 1 is 1.20 bits per heavy atom. The van der Waals surface area contributed by atoms with Crippen molar-refractivity contribution in [2.45, 2.75) is 25.3 Å². The Balaban J connectivity index is 1.72. The lowest BCUT2D eigenvalue weighted by atomic mass is 10.2. The molecule has 5 heteroatoms. The van der Waals surface area contributed by atoms with Gasteiger partial charge in [0.15, 0.2) is 0 Å². The molecule has 0 atom stereocenters. The second kappa shape index (κ2) is 5.79. The molecule has 3 rings (SSSR count). The molecule has 0 radical (unpaired) electrons. The summed E-state index contributed by atoms with van der Waals surface area (Å²) in [6.07, 6.45) is 2.48. The van der Waals surface area contributed by atoms with Crippen LogP contribution < -0.4 is 10.6 Å². The highest BCUT2D eigenvalue weighted by molar-refractivity contribution is 9.10. The Labute approximate surface area is 127 Å². The van der Waals surface area contributed by atoms with Crippen LogP contribution in [0.25, 0.3) is 0 Å². The number of hydrogen-bond acceptors (Lipinski definition) is 4. The van der Waals surface area contributed by atoms with Gasteiger partial charge in [0.2, 0.25) is 5.95 Å². The Kier molecular flexibility index (Phi) is 3.87. The molecule has 104 valence electrons. The zero-order chi connectivity index (χ0) is 13.9. The van der Waals surface area contributed by atoms with E-state index in [-0.39, 0.29) is 0 Å². The summed E-state index contributed by atoms with van der Waals surface area (Å²) in [4.78, 5) is 8.96. The van der Waals surface area contributed by atoms with Gasteiger partial charge in [-0.2, -0.15) is 4.98 Å². The van der Waals surface area contributed by atoms with Crippen LogP contribution in [0.2, 0.25) is 0 Å². The van der Waals surface area contributed by atoms with Gasteiger partial charge in [0, 0.05) is 30.0 Å². The lowest BCUT2D eigenvalue weighted by molar-refractivity contribution is 0.979. The molecule has 20 heavy (non-hydrogen) atoms. The molecule has 0 aliphatic heterocycles. The van der Waals surface area contributed by atoms with E-state index in [9.17, 15) is 0 Å². The Hall–Kier alpha value is -1.62. The maximum Gasteiger partial charge on any atom is 0.224 e. The molecular weight excluding hydrogens is 316 g/mol. The van der Waals surface area contributed by atoms with Crippen LogP contribution in [0.15, 0.2) is 34.8 Å². The predicted molar refractivity (Wildman–Crippen MR) is 85.0 cm³/mol. The average molecular weight is 333 g/mol. The van der Waals surface area contributed by atoms with Gasteiger partial charge in [-0.25, -0.2) is 4.98 Å². The standard InChI is InChI=1S/C15H17BrN4/c1-17-15-19-13(11-4-5-11)8-14(20-15)18-9-10-2-6-12(16)7-3-10/h2-3,6-8,11H,4-5,9H2,1H3,(H2,17,18,19,20). The Morgan fingerprint density at radius 3 is 2.60 bits per heavy atom. The lowest BCUT2D eigenvalue weighted by Gasteiger charge is -2.09. The number of benzene rings is 1. The monoisotopic (exact) mass is 332 g/mol. The SMILES string of the molecule is CNc1nc(NCc2ccc(Br)cc2)cc(C2CC2)n1. The Bertz CT molecular complexity index is 593. The highest BCUT2D eigenvalue weighted by Crippen LogP contribution is 2.39. The quantitative estimate of drug-likeness (QED) is 0.875. The van der Waals surface area contributed by atoms with E-state index in [0.29, 0.717) is 11.9 Å². The molecule has 2 aromatic rings. The summed E-state index contributed by atoms with van der Waals surface area (Å²) in [5.74, 6) is 2.19. The summed E-state index contributed by atoms with van der Waals surface area (Å²) in [7, 11) is 1.85. The van der Waals surface area contributed by atoms with E-state index < -0.39 is 0 Å². The first-order valence-electron chi connectivity index (χ1n) is 6.79. The van der Waals surface area contributed by atoms with E-state index in [1.165, 1.54) is 18.4 Å². The molecule has 0 amide bonds. The summed E-state index contributed by atoms with van der Waals surface area (Å²) in [6.45, 7) is 0.761. The maximum atomic E-state index is 4.51. The first-order valence-corrected chi connectivity index (χ1v) is 7.59. The normalized spacial score (nSPS) is 14.1. The molecule has 0 bridgehead atoms. The van der Waals surface area contributed by atoms with E-state index in [4.69, 9.17) is 0 Å². The van der Waals surface area contributed by atoms with Crippen molar-refractivity contribution in [3.05, 3.63) is 46.1 Å². The van der Waals surface area contributed by atoms with Crippen LogP contribution in [-0.4, -0.2) is 17.0 Å². The van der Waals surface area contributed by atoms with Gasteiger partial charge in [-0.15, -0.1) is 0 Å². The highest BCUT2D eigenvalue weighted by Gasteiger charge is 2.26. The molecule has 1 aliphatic rings. The Morgan fingerprint density at radius 2 is 1.95 bits per heavy atom. The molecular formula is C15H17BrN4. The fraction of sp³-hybridized carbons (Fsp3) is 0.333. The summed E-state index contributed by atoms with van der Waals surface area (Å²) >= 11 is 3.44. The summed E-state index contributed by atoms with van der Waals surface area (Å²) in [5.41, 5.74) is 2.37. The van der Waals surface area contributed by atoms with Gasteiger partial charge >= 0.3 is 0 Å². The fourth-order valence-electron chi connectivity index (χ4n) is 2.05. The van der Waals surface area contributed by atoms with Gasteiger partial charge in [0.25, 0.3) is 0 Å². The van der Waals surface area contributed by atoms with E-state index in [2.05, 4.69) is 54.7 Å². The minimum absolute atomic E-state index is 0.623. The summed E-state index contributed by atoms with van der Waals surface area (Å²) in [5, 5.41) is 6.40. The van der Waals surface area contributed by atoms with Crippen molar-refractivity contribution in [2.24, 2.45) is 0 Å². The smallest absolute Gasteiger partial charge is 0.224 e. The molecule has 1 saturated carbocycles. The number of rotatable bonds is 5. The second-order valence-electron chi connectivity index (χ2n) is 5.01. The molecule has 1 fully saturated rings. The van der Waals surface area contributed by atoms with E-state index in [1.807, 2.05) is 19.2 Å². The first-order chi connectivity index (χ1) is 9.74. The molecule has 1 aromatic heterocycles. The lowest BCUT2D eigenvalue weighted by Crippen LogP contribution is -2.06. The number of anilines is 2. The molecule has 1 aromatic carbocycles. The van der Waals surface area contributed by atoms with Crippen LogP contribution >= 0.6 is 15.9 Å². The molecule has 0 unspecified atom stereocenters. The van der Waals surface area contributed by atoms with Crippen LogP contribution in [0.3, 0.4) is 0 Å². The minimum Gasteiger partial charge on any atom is -0.366 e. The van der Waals surface area contributed by atoms with Crippen LogP contribution in [0, 0.1) is 0 Å². The topological polar surface area (TPSA) is 49.8 Å². The predicted octanol–water partition coefficient (Wildman–Crippen LogP) is 3.77. The van der Waals surface area contributed by atoms with Crippen molar-refractivity contribution in [3.8, 4) is 0 Å². The first kappa shape index (κ1) is 13.4.